The number of carbonyl (C=O) groups is 1. The molecule has 9 nitrogen and oxygen atoms in total. The molecule has 3 fully saturated rings. The SMILES string of the molecule is CCC(c1ccc2c(c1)c(=O)n(C1CCC(O)CC1)c1nc(NCC3CC3)ncc21)N1CCC(C(=O)O)CC1. The second-order valence-electron chi connectivity index (χ2n) is 11.8. The molecular formula is C30H39N5O4. The van der Waals surface area contributed by atoms with Crippen molar-refractivity contribution in [1.82, 2.24) is 19.4 Å². The van der Waals surface area contributed by atoms with Gasteiger partial charge < -0.3 is 15.5 Å². The van der Waals surface area contributed by atoms with E-state index in [4.69, 9.17) is 4.98 Å². The van der Waals surface area contributed by atoms with Gasteiger partial charge in [0.15, 0.2) is 0 Å². The van der Waals surface area contributed by atoms with Crippen LogP contribution in [-0.2, 0) is 4.79 Å². The molecule has 39 heavy (non-hydrogen) atoms. The van der Waals surface area contributed by atoms with Crippen molar-refractivity contribution in [3.63, 3.8) is 0 Å². The summed E-state index contributed by atoms with van der Waals surface area (Å²) in [6, 6.07) is 6.31. The van der Waals surface area contributed by atoms with Gasteiger partial charge in [0.05, 0.1) is 12.0 Å². The van der Waals surface area contributed by atoms with Gasteiger partial charge in [0.1, 0.15) is 5.65 Å². The molecule has 2 aliphatic carbocycles. The number of benzene rings is 1. The maximum absolute atomic E-state index is 14.2. The molecule has 1 saturated heterocycles. The molecular weight excluding hydrogens is 494 g/mol. The highest BCUT2D eigenvalue weighted by Gasteiger charge is 2.30. The molecule has 0 radical (unpaired) electrons. The van der Waals surface area contributed by atoms with Crippen LogP contribution in [0, 0.1) is 11.8 Å². The van der Waals surface area contributed by atoms with Gasteiger partial charge in [-0.25, -0.2) is 4.98 Å². The largest absolute Gasteiger partial charge is 0.481 e. The highest BCUT2D eigenvalue weighted by Crippen LogP contribution is 2.35. The summed E-state index contributed by atoms with van der Waals surface area (Å²) in [5.41, 5.74) is 1.72. The second kappa shape index (κ2) is 10.8. The van der Waals surface area contributed by atoms with Gasteiger partial charge in [-0.1, -0.05) is 19.1 Å². The number of likely N-dealkylation sites (tertiary alicyclic amines) is 1. The molecule has 1 unspecified atom stereocenters. The van der Waals surface area contributed by atoms with Crippen LogP contribution in [-0.4, -0.2) is 61.4 Å². The van der Waals surface area contributed by atoms with Crippen molar-refractivity contribution < 1.29 is 15.0 Å². The van der Waals surface area contributed by atoms with Crippen molar-refractivity contribution in [3.8, 4) is 0 Å². The Bertz CT molecular complexity index is 1420. The van der Waals surface area contributed by atoms with Crippen LogP contribution in [0.1, 0.15) is 82.4 Å². The Morgan fingerprint density at radius 3 is 2.46 bits per heavy atom. The van der Waals surface area contributed by atoms with Crippen molar-refractivity contribution >= 4 is 33.7 Å². The summed E-state index contributed by atoms with van der Waals surface area (Å²) in [6.07, 6.45) is 9.04. The van der Waals surface area contributed by atoms with Crippen LogP contribution in [0.3, 0.4) is 0 Å². The first-order valence-electron chi connectivity index (χ1n) is 14.7. The topological polar surface area (TPSA) is 121 Å². The standard InChI is InChI=1S/C30H39N5O4/c1-2-26(34-13-11-19(12-14-34)29(38)39)20-5-10-23-24(15-20)28(37)35(21-6-8-22(36)9-7-21)27-25(23)17-32-30(33-27)31-16-18-3-4-18/h5,10,15,17-19,21-22,26,36H,2-4,6-9,11-14,16H2,1H3,(H,38,39)(H,31,32,33). The first-order valence-corrected chi connectivity index (χ1v) is 14.7. The summed E-state index contributed by atoms with van der Waals surface area (Å²) >= 11 is 0. The van der Waals surface area contributed by atoms with Crippen LogP contribution in [0.4, 0.5) is 5.95 Å². The molecule has 2 aromatic heterocycles. The fourth-order valence-corrected chi connectivity index (χ4v) is 6.61. The van der Waals surface area contributed by atoms with E-state index in [1.165, 1.54) is 12.8 Å². The zero-order valence-electron chi connectivity index (χ0n) is 22.7. The molecule has 1 aromatic carbocycles. The van der Waals surface area contributed by atoms with Crippen molar-refractivity contribution in [2.45, 2.75) is 82.9 Å². The fourth-order valence-electron chi connectivity index (χ4n) is 6.61. The Balaban J connectivity index is 1.41. The van der Waals surface area contributed by atoms with Crippen LogP contribution in [0.2, 0.25) is 0 Å². The lowest BCUT2D eigenvalue weighted by Crippen LogP contribution is -2.38. The first kappa shape index (κ1) is 26.2. The van der Waals surface area contributed by atoms with E-state index in [0.29, 0.717) is 48.6 Å². The Kier molecular flexibility index (Phi) is 7.29. The van der Waals surface area contributed by atoms with Crippen LogP contribution >= 0.6 is 0 Å². The van der Waals surface area contributed by atoms with Gasteiger partial charge >= 0.3 is 5.97 Å². The number of aliphatic carboxylic acids is 1. The van der Waals surface area contributed by atoms with Crippen LogP contribution < -0.4 is 10.9 Å². The third-order valence-electron chi connectivity index (χ3n) is 9.15. The molecule has 6 rings (SSSR count). The number of piperidine rings is 1. The van der Waals surface area contributed by atoms with E-state index in [1.807, 2.05) is 22.9 Å². The van der Waals surface area contributed by atoms with Crippen LogP contribution in [0.25, 0.3) is 21.8 Å². The lowest BCUT2D eigenvalue weighted by Gasteiger charge is -2.36. The number of aliphatic hydroxyl groups is 1. The molecule has 1 atom stereocenters. The number of anilines is 1. The first-order chi connectivity index (χ1) is 18.9. The molecule has 3 heterocycles. The number of nitrogens with one attached hydrogen (secondary N) is 1. The molecule has 3 aromatic rings. The van der Waals surface area contributed by atoms with Gasteiger partial charge in [-0.15, -0.1) is 0 Å². The molecule has 3 aliphatic rings. The van der Waals surface area contributed by atoms with E-state index in [2.05, 4.69) is 28.2 Å². The van der Waals surface area contributed by atoms with Gasteiger partial charge in [-0.2, -0.15) is 4.98 Å². The number of carboxylic acid groups (broad SMARTS) is 1. The summed E-state index contributed by atoms with van der Waals surface area (Å²) in [7, 11) is 0. The van der Waals surface area contributed by atoms with E-state index in [9.17, 15) is 19.8 Å². The Labute approximate surface area is 228 Å². The second-order valence-corrected chi connectivity index (χ2v) is 11.8. The minimum Gasteiger partial charge on any atom is -0.481 e. The molecule has 0 bridgehead atoms. The number of fused-ring (bicyclic) bond motifs is 3. The number of hydrogen-bond donors (Lipinski definition) is 3. The minimum atomic E-state index is -0.704. The molecule has 0 spiro atoms. The predicted molar refractivity (Wildman–Crippen MR) is 151 cm³/mol. The Morgan fingerprint density at radius 2 is 1.79 bits per heavy atom. The zero-order valence-corrected chi connectivity index (χ0v) is 22.7. The number of rotatable bonds is 8. The lowest BCUT2D eigenvalue weighted by molar-refractivity contribution is -0.143. The number of aliphatic hydroxyl groups excluding tert-OH is 1. The van der Waals surface area contributed by atoms with Gasteiger partial charge in [0.2, 0.25) is 5.95 Å². The van der Waals surface area contributed by atoms with Gasteiger partial charge in [-0.3, -0.25) is 19.1 Å². The van der Waals surface area contributed by atoms with Crippen molar-refractivity contribution in [3.05, 3.63) is 40.3 Å². The number of aromatic nitrogens is 3. The number of nitrogens with zero attached hydrogens (tertiary/aromatic N) is 4. The normalized spacial score (nSPS) is 23.7. The zero-order chi connectivity index (χ0) is 27.1. The third-order valence-corrected chi connectivity index (χ3v) is 9.15. The average molecular weight is 534 g/mol. The molecule has 0 amide bonds. The van der Waals surface area contributed by atoms with Crippen molar-refractivity contribution in [2.24, 2.45) is 11.8 Å². The van der Waals surface area contributed by atoms with Gasteiger partial charge in [0, 0.05) is 35.6 Å². The molecule has 2 saturated carbocycles. The smallest absolute Gasteiger partial charge is 0.306 e. The summed E-state index contributed by atoms with van der Waals surface area (Å²) in [6.45, 7) is 4.48. The lowest BCUT2D eigenvalue weighted by atomic mass is 9.91. The van der Waals surface area contributed by atoms with Gasteiger partial charge in [0.25, 0.3) is 5.56 Å². The highest BCUT2D eigenvalue weighted by molar-refractivity contribution is 6.04. The highest BCUT2D eigenvalue weighted by atomic mass is 16.4. The monoisotopic (exact) mass is 533 g/mol. The van der Waals surface area contributed by atoms with E-state index >= 15 is 0 Å². The van der Waals surface area contributed by atoms with E-state index in [-0.39, 0.29) is 29.7 Å². The van der Waals surface area contributed by atoms with Crippen LogP contribution in [0.5, 0.6) is 0 Å². The fraction of sp³-hybridized carbons (Fsp3) is 0.600. The molecule has 3 N–H and O–H groups in total. The number of pyridine rings is 1. The van der Waals surface area contributed by atoms with Gasteiger partial charge in [-0.05, 0) is 93.8 Å². The predicted octanol–water partition coefficient (Wildman–Crippen LogP) is 4.49. The average Bonchev–Trinajstić information content (AvgIpc) is 3.78. The maximum Gasteiger partial charge on any atom is 0.306 e. The number of carboxylic acids is 1. The maximum atomic E-state index is 14.2. The Hall–Kier alpha value is -3.04. The molecule has 9 heteroatoms. The molecule has 1 aliphatic heterocycles. The van der Waals surface area contributed by atoms with E-state index in [0.717, 1.165) is 55.2 Å². The minimum absolute atomic E-state index is 0.0142. The summed E-state index contributed by atoms with van der Waals surface area (Å²) < 4.78 is 1.87. The molecule has 208 valence electrons. The Morgan fingerprint density at radius 1 is 1.05 bits per heavy atom. The quantitative estimate of drug-likeness (QED) is 0.362. The number of hydrogen-bond acceptors (Lipinski definition) is 7. The third kappa shape index (κ3) is 5.26. The van der Waals surface area contributed by atoms with Crippen molar-refractivity contribution in [1.29, 1.82) is 0 Å². The summed E-state index contributed by atoms with van der Waals surface area (Å²) in [5.74, 6) is 0.267. The summed E-state index contributed by atoms with van der Waals surface area (Å²) in [4.78, 5) is 37.5. The van der Waals surface area contributed by atoms with Crippen molar-refractivity contribution in [2.75, 3.05) is 25.0 Å². The van der Waals surface area contributed by atoms with E-state index in [1.54, 1.807) is 0 Å². The summed E-state index contributed by atoms with van der Waals surface area (Å²) in [5, 5.41) is 25.3. The van der Waals surface area contributed by atoms with Crippen LogP contribution in [0.15, 0.2) is 29.2 Å². The van der Waals surface area contributed by atoms with E-state index < -0.39 is 5.97 Å².